The van der Waals surface area contributed by atoms with E-state index >= 15 is 0 Å². The summed E-state index contributed by atoms with van der Waals surface area (Å²) in [6, 6.07) is 14.9. The molecule has 0 saturated carbocycles. The molecule has 0 bridgehead atoms. The van der Waals surface area contributed by atoms with Gasteiger partial charge in [-0.2, -0.15) is 5.10 Å². The van der Waals surface area contributed by atoms with Crippen LogP contribution in [0.4, 0.5) is 10.1 Å². The molecule has 150 valence electrons. The number of nitrogens with one attached hydrogen (secondary N) is 1. The number of benzene rings is 2. The summed E-state index contributed by atoms with van der Waals surface area (Å²) in [5.41, 5.74) is 3.57. The third-order valence-electron chi connectivity index (χ3n) is 5.30. The van der Waals surface area contributed by atoms with E-state index < -0.39 is 0 Å². The largest absolute Gasteiger partial charge is 0.367 e. The quantitative estimate of drug-likeness (QED) is 0.721. The van der Waals surface area contributed by atoms with Crippen LogP contribution in [0.1, 0.15) is 24.0 Å². The molecule has 1 aromatic heterocycles. The van der Waals surface area contributed by atoms with Crippen LogP contribution in [0.25, 0.3) is 5.69 Å². The van der Waals surface area contributed by atoms with Crippen molar-refractivity contribution in [2.75, 3.05) is 18.0 Å². The number of rotatable bonds is 5. The molecule has 3 aromatic rings. The first-order chi connectivity index (χ1) is 14.1. The summed E-state index contributed by atoms with van der Waals surface area (Å²) in [4.78, 5) is 14.6. The van der Waals surface area contributed by atoms with Crippen LogP contribution >= 0.6 is 0 Å². The molecule has 29 heavy (non-hydrogen) atoms. The fraction of sp³-hybridized carbons (Fsp3) is 0.304. The van der Waals surface area contributed by atoms with Crippen LogP contribution in [-0.2, 0) is 11.2 Å². The standard InChI is InChI=1S/C23H25FN4O/c1-17-5-10-21(24)22(14-17)27-12-2-4-19(16-27)26-23(29)15-18-6-8-20(9-7-18)28-13-3-11-25-28/h3,5-11,13-14,19H,2,4,12,15-16H2,1H3,(H,26,29). The van der Waals surface area contributed by atoms with Crippen molar-refractivity contribution < 1.29 is 9.18 Å². The fourth-order valence-corrected chi connectivity index (χ4v) is 3.83. The predicted octanol–water partition coefficient (Wildman–Crippen LogP) is 3.65. The summed E-state index contributed by atoms with van der Waals surface area (Å²) in [5.74, 6) is -0.215. The molecule has 5 nitrogen and oxygen atoms in total. The Balaban J connectivity index is 1.35. The smallest absolute Gasteiger partial charge is 0.224 e. The third kappa shape index (κ3) is 4.65. The van der Waals surface area contributed by atoms with Gasteiger partial charge in [0.2, 0.25) is 5.91 Å². The van der Waals surface area contributed by atoms with Gasteiger partial charge in [-0.05, 0) is 61.2 Å². The van der Waals surface area contributed by atoms with Gasteiger partial charge < -0.3 is 10.2 Å². The lowest BCUT2D eigenvalue weighted by atomic mass is 10.0. The Kier molecular flexibility index (Phi) is 5.60. The maximum Gasteiger partial charge on any atom is 0.224 e. The summed E-state index contributed by atoms with van der Waals surface area (Å²) < 4.78 is 16.0. The Morgan fingerprint density at radius 3 is 2.83 bits per heavy atom. The molecule has 4 rings (SSSR count). The highest BCUT2D eigenvalue weighted by Gasteiger charge is 2.23. The highest BCUT2D eigenvalue weighted by molar-refractivity contribution is 5.79. The van der Waals surface area contributed by atoms with Crippen molar-refractivity contribution in [2.45, 2.75) is 32.2 Å². The topological polar surface area (TPSA) is 50.2 Å². The molecule has 1 atom stereocenters. The highest BCUT2D eigenvalue weighted by Crippen LogP contribution is 2.24. The number of nitrogens with zero attached hydrogens (tertiary/aromatic N) is 3. The molecule has 1 amide bonds. The summed E-state index contributed by atoms with van der Waals surface area (Å²) in [7, 11) is 0. The van der Waals surface area contributed by atoms with Gasteiger partial charge >= 0.3 is 0 Å². The van der Waals surface area contributed by atoms with E-state index in [0.717, 1.165) is 36.2 Å². The molecule has 0 aliphatic carbocycles. The first-order valence-corrected chi connectivity index (χ1v) is 9.98. The second-order valence-electron chi connectivity index (χ2n) is 7.60. The average molecular weight is 392 g/mol. The predicted molar refractivity (Wildman–Crippen MR) is 112 cm³/mol. The molecule has 0 radical (unpaired) electrons. The van der Waals surface area contributed by atoms with Crippen LogP contribution in [0.3, 0.4) is 0 Å². The van der Waals surface area contributed by atoms with Crippen LogP contribution in [-0.4, -0.2) is 34.8 Å². The zero-order chi connectivity index (χ0) is 20.2. The molecular weight excluding hydrogens is 367 g/mol. The number of amides is 1. The monoisotopic (exact) mass is 392 g/mol. The Hall–Kier alpha value is -3.15. The number of aromatic nitrogens is 2. The molecule has 2 heterocycles. The maximum absolute atomic E-state index is 14.2. The van der Waals surface area contributed by atoms with Crippen molar-refractivity contribution in [2.24, 2.45) is 0 Å². The summed E-state index contributed by atoms with van der Waals surface area (Å²) in [5, 5.41) is 7.33. The number of anilines is 1. The normalized spacial score (nSPS) is 16.6. The van der Waals surface area contributed by atoms with Crippen LogP contribution < -0.4 is 10.2 Å². The van der Waals surface area contributed by atoms with Crippen molar-refractivity contribution in [1.82, 2.24) is 15.1 Å². The van der Waals surface area contributed by atoms with Crippen LogP contribution in [0.5, 0.6) is 0 Å². The number of hydrogen-bond acceptors (Lipinski definition) is 3. The molecule has 6 heteroatoms. The van der Waals surface area contributed by atoms with Gasteiger partial charge in [0.25, 0.3) is 0 Å². The highest BCUT2D eigenvalue weighted by atomic mass is 19.1. The van der Waals surface area contributed by atoms with Gasteiger partial charge in [-0.1, -0.05) is 18.2 Å². The Bertz CT molecular complexity index is 969. The first-order valence-electron chi connectivity index (χ1n) is 9.98. The number of aryl methyl sites for hydroxylation is 1. The molecule has 1 aliphatic rings. The van der Waals surface area contributed by atoms with E-state index in [-0.39, 0.29) is 17.8 Å². The van der Waals surface area contributed by atoms with Crippen molar-refractivity contribution >= 4 is 11.6 Å². The maximum atomic E-state index is 14.2. The van der Waals surface area contributed by atoms with Gasteiger partial charge in [0, 0.05) is 31.5 Å². The number of piperidine rings is 1. The van der Waals surface area contributed by atoms with Crippen LogP contribution in [0.15, 0.2) is 60.9 Å². The fourth-order valence-electron chi connectivity index (χ4n) is 3.83. The van der Waals surface area contributed by atoms with Crippen molar-refractivity contribution in [1.29, 1.82) is 0 Å². The van der Waals surface area contributed by atoms with Gasteiger partial charge in [0.1, 0.15) is 5.82 Å². The average Bonchev–Trinajstić information content (AvgIpc) is 3.25. The van der Waals surface area contributed by atoms with Crippen molar-refractivity contribution in [3.05, 3.63) is 77.9 Å². The van der Waals surface area contributed by atoms with E-state index in [1.807, 2.05) is 54.4 Å². The van der Waals surface area contributed by atoms with E-state index in [1.165, 1.54) is 6.07 Å². The molecule has 1 aliphatic heterocycles. The lowest BCUT2D eigenvalue weighted by molar-refractivity contribution is -0.121. The summed E-state index contributed by atoms with van der Waals surface area (Å²) in [6.45, 7) is 3.40. The van der Waals surface area contributed by atoms with Gasteiger partial charge in [-0.3, -0.25) is 4.79 Å². The number of carbonyl (C=O) groups excluding carboxylic acids is 1. The van der Waals surface area contributed by atoms with Crippen LogP contribution in [0.2, 0.25) is 0 Å². The minimum atomic E-state index is -0.208. The van der Waals surface area contributed by atoms with Gasteiger partial charge in [0.15, 0.2) is 0 Å². The molecule has 1 saturated heterocycles. The molecule has 1 unspecified atom stereocenters. The molecule has 0 spiro atoms. The van der Waals surface area contributed by atoms with Gasteiger partial charge in [0.05, 0.1) is 17.8 Å². The number of halogens is 1. The van der Waals surface area contributed by atoms with E-state index in [0.29, 0.717) is 18.7 Å². The van der Waals surface area contributed by atoms with Crippen LogP contribution in [0, 0.1) is 12.7 Å². The number of hydrogen-bond donors (Lipinski definition) is 1. The minimum Gasteiger partial charge on any atom is -0.367 e. The van der Waals surface area contributed by atoms with E-state index in [2.05, 4.69) is 10.4 Å². The van der Waals surface area contributed by atoms with Crippen molar-refractivity contribution in [3.8, 4) is 5.69 Å². The zero-order valence-corrected chi connectivity index (χ0v) is 16.5. The summed E-state index contributed by atoms with van der Waals surface area (Å²) in [6.07, 6.45) is 5.78. The van der Waals surface area contributed by atoms with E-state index in [4.69, 9.17) is 0 Å². The lowest BCUT2D eigenvalue weighted by Crippen LogP contribution is -2.48. The first kappa shape index (κ1) is 19.2. The Morgan fingerprint density at radius 2 is 2.07 bits per heavy atom. The lowest BCUT2D eigenvalue weighted by Gasteiger charge is -2.35. The number of carbonyl (C=O) groups is 1. The zero-order valence-electron chi connectivity index (χ0n) is 16.5. The molecular formula is C23H25FN4O. The van der Waals surface area contributed by atoms with Crippen molar-refractivity contribution in [3.63, 3.8) is 0 Å². The van der Waals surface area contributed by atoms with Gasteiger partial charge in [-0.25, -0.2) is 9.07 Å². The molecule has 2 aromatic carbocycles. The SMILES string of the molecule is Cc1ccc(F)c(N2CCCC(NC(=O)Cc3ccc(-n4cccn4)cc3)C2)c1. The van der Waals surface area contributed by atoms with E-state index in [9.17, 15) is 9.18 Å². The molecule has 1 N–H and O–H groups in total. The Morgan fingerprint density at radius 1 is 1.24 bits per heavy atom. The second kappa shape index (κ2) is 8.47. The Labute approximate surface area is 170 Å². The second-order valence-corrected chi connectivity index (χ2v) is 7.60. The van der Waals surface area contributed by atoms with Gasteiger partial charge in [-0.15, -0.1) is 0 Å². The molecule has 1 fully saturated rings. The minimum absolute atomic E-state index is 0.00611. The summed E-state index contributed by atoms with van der Waals surface area (Å²) >= 11 is 0. The van der Waals surface area contributed by atoms with E-state index in [1.54, 1.807) is 16.9 Å². The third-order valence-corrected chi connectivity index (χ3v) is 5.30.